The third-order valence-corrected chi connectivity index (χ3v) is 7.43. The zero-order valence-electron chi connectivity index (χ0n) is 15.2. The van der Waals surface area contributed by atoms with E-state index < -0.39 is 0 Å². The second-order valence-corrected chi connectivity index (χ2v) is 8.94. The van der Waals surface area contributed by atoms with E-state index in [1.807, 2.05) is 6.20 Å². The van der Waals surface area contributed by atoms with Crippen LogP contribution in [0.4, 0.5) is 5.13 Å². The zero-order chi connectivity index (χ0) is 17.7. The topological polar surface area (TPSA) is 36.4 Å². The molecule has 26 heavy (non-hydrogen) atoms. The summed E-state index contributed by atoms with van der Waals surface area (Å²) in [5.41, 5.74) is 2.64. The van der Waals surface area contributed by atoms with Crippen molar-refractivity contribution < 1.29 is 4.79 Å². The highest BCUT2D eigenvalue weighted by atomic mass is 32.1. The number of anilines is 1. The van der Waals surface area contributed by atoms with Crippen molar-refractivity contribution in [3.05, 3.63) is 47.0 Å². The first-order valence-electron chi connectivity index (χ1n) is 9.73. The van der Waals surface area contributed by atoms with Gasteiger partial charge in [0.2, 0.25) is 5.91 Å². The van der Waals surface area contributed by atoms with Gasteiger partial charge in [-0.1, -0.05) is 30.7 Å². The summed E-state index contributed by atoms with van der Waals surface area (Å²) in [7, 11) is 0. The fraction of sp³-hybridized carbons (Fsp3) is 0.524. The second-order valence-electron chi connectivity index (χ2n) is 8.06. The van der Waals surface area contributed by atoms with Gasteiger partial charge in [0, 0.05) is 49.0 Å². The Morgan fingerprint density at radius 2 is 2.04 bits per heavy atom. The van der Waals surface area contributed by atoms with Gasteiger partial charge in [0.25, 0.3) is 0 Å². The molecule has 3 aliphatic rings. The van der Waals surface area contributed by atoms with E-state index in [4.69, 9.17) is 0 Å². The number of rotatable bonds is 3. The van der Waals surface area contributed by atoms with E-state index in [2.05, 4.69) is 51.4 Å². The van der Waals surface area contributed by atoms with E-state index >= 15 is 0 Å². The maximum atomic E-state index is 13.2. The quantitative estimate of drug-likeness (QED) is 0.826. The molecule has 0 unspecified atom stereocenters. The van der Waals surface area contributed by atoms with Gasteiger partial charge >= 0.3 is 0 Å². The number of likely N-dealkylation sites (tertiary alicyclic amines) is 1. The molecule has 1 aromatic carbocycles. The smallest absolute Gasteiger partial charge is 0.226 e. The van der Waals surface area contributed by atoms with Crippen molar-refractivity contribution in [1.82, 2.24) is 9.88 Å². The second kappa shape index (κ2) is 6.38. The van der Waals surface area contributed by atoms with Crippen molar-refractivity contribution in [2.45, 2.75) is 32.2 Å². The molecule has 5 rings (SSSR count). The Morgan fingerprint density at radius 3 is 2.73 bits per heavy atom. The standard InChI is InChI=1S/C21H25N3OS/c1-14-5-2-3-8-17(14)19-18-13-23(21-22-9-10-26-21)11-16(18)12-24(19)20(25)15-6-4-7-15/h2-3,5,8-10,15-16,18-19H,4,6-7,11-13H2,1H3/t16-,18-,19+/m0/s1. The molecule has 0 N–H and O–H groups in total. The van der Waals surface area contributed by atoms with Crippen LogP contribution >= 0.6 is 11.3 Å². The maximum absolute atomic E-state index is 13.2. The highest BCUT2D eigenvalue weighted by molar-refractivity contribution is 7.13. The monoisotopic (exact) mass is 367 g/mol. The molecule has 1 aliphatic carbocycles. The SMILES string of the molecule is Cc1ccccc1[C@@H]1[C@H]2CN(c3nccs3)C[C@H]2CN1C(=O)C1CCC1. The fourth-order valence-corrected chi connectivity index (χ4v) is 5.67. The summed E-state index contributed by atoms with van der Waals surface area (Å²) in [6, 6.07) is 8.85. The Balaban J connectivity index is 1.47. The molecule has 1 saturated carbocycles. The first kappa shape index (κ1) is 16.3. The minimum absolute atomic E-state index is 0.222. The van der Waals surface area contributed by atoms with Gasteiger partial charge < -0.3 is 9.80 Å². The van der Waals surface area contributed by atoms with Crippen LogP contribution in [0, 0.1) is 24.7 Å². The number of carbonyl (C=O) groups is 1. The number of aromatic nitrogens is 1. The Bertz CT molecular complexity index is 801. The predicted octanol–water partition coefficient (Wildman–Crippen LogP) is 3.89. The van der Waals surface area contributed by atoms with Crippen molar-refractivity contribution in [2.75, 3.05) is 24.5 Å². The molecule has 3 atom stereocenters. The minimum Gasteiger partial charge on any atom is -0.347 e. The molecule has 2 aliphatic heterocycles. The minimum atomic E-state index is 0.222. The molecule has 136 valence electrons. The Hall–Kier alpha value is -1.88. The molecule has 2 saturated heterocycles. The van der Waals surface area contributed by atoms with Crippen LogP contribution in [0.1, 0.15) is 36.4 Å². The number of amides is 1. The van der Waals surface area contributed by atoms with Crippen LogP contribution in [-0.2, 0) is 4.79 Å². The molecule has 1 aromatic heterocycles. The molecule has 5 heteroatoms. The van der Waals surface area contributed by atoms with Gasteiger partial charge in [0.15, 0.2) is 5.13 Å². The lowest BCUT2D eigenvalue weighted by atomic mass is 9.83. The Morgan fingerprint density at radius 1 is 1.19 bits per heavy atom. The molecule has 2 aromatic rings. The first-order chi connectivity index (χ1) is 12.7. The molecule has 0 bridgehead atoms. The zero-order valence-corrected chi connectivity index (χ0v) is 16.0. The van der Waals surface area contributed by atoms with Crippen molar-refractivity contribution in [3.63, 3.8) is 0 Å². The molecule has 4 nitrogen and oxygen atoms in total. The maximum Gasteiger partial charge on any atom is 0.226 e. The first-order valence-corrected chi connectivity index (χ1v) is 10.6. The third kappa shape index (κ3) is 2.56. The number of nitrogens with zero attached hydrogens (tertiary/aromatic N) is 3. The predicted molar refractivity (Wildman–Crippen MR) is 104 cm³/mol. The highest BCUT2D eigenvalue weighted by Gasteiger charge is 2.51. The van der Waals surface area contributed by atoms with Crippen LogP contribution in [0.5, 0.6) is 0 Å². The fourth-order valence-electron chi connectivity index (χ4n) is 5.01. The summed E-state index contributed by atoms with van der Waals surface area (Å²) in [6.45, 7) is 5.11. The Labute approximate surface area is 158 Å². The van der Waals surface area contributed by atoms with Gasteiger partial charge in [0.1, 0.15) is 0 Å². The number of carbonyl (C=O) groups excluding carboxylic acids is 1. The average Bonchev–Trinajstić information content (AvgIpc) is 3.29. The number of hydrogen-bond acceptors (Lipinski definition) is 4. The third-order valence-electron chi connectivity index (χ3n) is 6.60. The molecule has 1 amide bonds. The summed E-state index contributed by atoms with van der Waals surface area (Å²) >= 11 is 1.72. The number of thiazole rings is 1. The lowest BCUT2D eigenvalue weighted by Gasteiger charge is -2.35. The highest BCUT2D eigenvalue weighted by Crippen LogP contribution is 2.48. The van der Waals surface area contributed by atoms with Crippen molar-refractivity contribution >= 4 is 22.4 Å². The lowest BCUT2D eigenvalue weighted by molar-refractivity contribution is -0.139. The van der Waals surface area contributed by atoms with Crippen LogP contribution < -0.4 is 4.90 Å². The molecule has 0 radical (unpaired) electrons. The Kier molecular flexibility index (Phi) is 4.00. The van der Waals surface area contributed by atoms with E-state index in [1.165, 1.54) is 17.5 Å². The number of aryl methyl sites for hydroxylation is 1. The van der Waals surface area contributed by atoms with Gasteiger partial charge in [-0.2, -0.15) is 0 Å². The van der Waals surface area contributed by atoms with E-state index in [-0.39, 0.29) is 12.0 Å². The van der Waals surface area contributed by atoms with Gasteiger partial charge in [-0.3, -0.25) is 4.79 Å². The van der Waals surface area contributed by atoms with Crippen LogP contribution in [0.25, 0.3) is 0 Å². The van der Waals surface area contributed by atoms with Crippen molar-refractivity contribution in [3.8, 4) is 0 Å². The number of fused-ring (bicyclic) bond motifs is 1. The van der Waals surface area contributed by atoms with E-state index in [0.29, 0.717) is 17.7 Å². The summed E-state index contributed by atoms with van der Waals surface area (Å²) < 4.78 is 0. The van der Waals surface area contributed by atoms with Crippen LogP contribution in [-0.4, -0.2) is 35.4 Å². The summed E-state index contributed by atoms with van der Waals surface area (Å²) in [5.74, 6) is 1.73. The van der Waals surface area contributed by atoms with Crippen molar-refractivity contribution in [2.24, 2.45) is 17.8 Å². The van der Waals surface area contributed by atoms with Crippen LogP contribution in [0.2, 0.25) is 0 Å². The summed E-state index contributed by atoms with van der Waals surface area (Å²) in [5, 5.41) is 3.18. The van der Waals surface area contributed by atoms with Gasteiger partial charge in [-0.25, -0.2) is 4.98 Å². The van der Waals surface area contributed by atoms with E-state index in [1.54, 1.807) is 11.3 Å². The molecular weight excluding hydrogens is 342 g/mol. The molecule has 3 fully saturated rings. The molecule has 3 heterocycles. The number of hydrogen-bond donors (Lipinski definition) is 0. The largest absolute Gasteiger partial charge is 0.347 e. The normalized spacial score (nSPS) is 28.3. The molecular formula is C21H25N3OS. The summed E-state index contributed by atoms with van der Waals surface area (Å²) in [4.78, 5) is 22.3. The van der Waals surface area contributed by atoms with Gasteiger partial charge in [-0.05, 0) is 30.9 Å². The van der Waals surface area contributed by atoms with Crippen LogP contribution in [0.3, 0.4) is 0 Å². The average molecular weight is 368 g/mol. The molecule has 0 spiro atoms. The van der Waals surface area contributed by atoms with Gasteiger partial charge in [-0.15, -0.1) is 11.3 Å². The van der Waals surface area contributed by atoms with E-state index in [9.17, 15) is 4.79 Å². The van der Waals surface area contributed by atoms with Crippen LogP contribution in [0.15, 0.2) is 35.8 Å². The van der Waals surface area contributed by atoms with Crippen molar-refractivity contribution in [1.29, 1.82) is 0 Å². The van der Waals surface area contributed by atoms with E-state index in [0.717, 1.165) is 37.6 Å². The summed E-state index contributed by atoms with van der Waals surface area (Å²) in [6.07, 6.45) is 5.26. The van der Waals surface area contributed by atoms with Gasteiger partial charge in [0.05, 0.1) is 6.04 Å². The number of benzene rings is 1. The lowest BCUT2D eigenvalue weighted by Crippen LogP contribution is -2.41.